The van der Waals surface area contributed by atoms with Gasteiger partial charge in [-0.05, 0) is 32.7 Å². The van der Waals surface area contributed by atoms with E-state index in [-0.39, 0.29) is 0 Å². The lowest BCUT2D eigenvalue weighted by Crippen LogP contribution is -2.34. The van der Waals surface area contributed by atoms with Gasteiger partial charge in [-0.3, -0.25) is 0 Å². The first kappa shape index (κ1) is 11.9. The van der Waals surface area contributed by atoms with Gasteiger partial charge in [-0.2, -0.15) is 0 Å². The highest BCUT2D eigenvalue weighted by Crippen LogP contribution is 2.19. The van der Waals surface area contributed by atoms with E-state index in [1.165, 1.54) is 32.2 Å². The molecule has 0 aromatic carbocycles. The Hall–Kier alpha value is -0.550. The Morgan fingerprint density at radius 3 is 2.94 bits per heavy atom. The van der Waals surface area contributed by atoms with Crippen molar-refractivity contribution in [3.8, 4) is 0 Å². The second-order valence-corrected chi connectivity index (χ2v) is 5.43. The summed E-state index contributed by atoms with van der Waals surface area (Å²) in [7, 11) is 2.02. The molecule has 16 heavy (non-hydrogen) atoms. The van der Waals surface area contributed by atoms with E-state index in [2.05, 4.69) is 20.1 Å². The predicted molar refractivity (Wildman–Crippen MR) is 66.7 cm³/mol. The van der Waals surface area contributed by atoms with Crippen molar-refractivity contribution in [2.45, 2.75) is 43.8 Å². The van der Waals surface area contributed by atoms with Crippen molar-refractivity contribution >= 4 is 11.8 Å². The Morgan fingerprint density at radius 2 is 2.31 bits per heavy atom. The molecule has 0 amide bonds. The minimum atomic E-state index is 0.718. The van der Waals surface area contributed by atoms with Gasteiger partial charge in [-0.25, -0.2) is 0 Å². The molecule has 1 unspecified atom stereocenters. The van der Waals surface area contributed by atoms with Crippen molar-refractivity contribution < 1.29 is 0 Å². The molecule has 1 aliphatic heterocycles. The van der Waals surface area contributed by atoms with E-state index in [0.29, 0.717) is 0 Å². The summed E-state index contributed by atoms with van der Waals surface area (Å²) in [4.78, 5) is 0. The van der Waals surface area contributed by atoms with Crippen molar-refractivity contribution in [2.75, 3.05) is 12.3 Å². The molecule has 0 spiro atoms. The highest BCUT2D eigenvalue weighted by atomic mass is 32.2. The number of thioether (sulfide) groups is 1. The summed E-state index contributed by atoms with van der Waals surface area (Å²) in [5.74, 6) is 2.11. The van der Waals surface area contributed by atoms with Crippen molar-refractivity contribution in [2.24, 2.45) is 7.05 Å². The minimum absolute atomic E-state index is 0.718. The molecule has 1 aromatic rings. The fourth-order valence-corrected chi connectivity index (χ4v) is 2.99. The summed E-state index contributed by atoms with van der Waals surface area (Å²) in [6, 6.07) is 0.718. The maximum absolute atomic E-state index is 4.15. The summed E-state index contributed by atoms with van der Waals surface area (Å²) >= 11 is 1.81. The van der Waals surface area contributed by atoms with Gasteiger partial charge in [0.1, 0.15) is 5.82 Å². The Labute approximate surface area is 101 Å². The van der Waals surface area contributed by atoms with Crippen LogP contribution in [0.3, 0.4) is 0 Å². The summed E-state index contributed by atoms with van der Waals surface area (Å²) < 4.78 is 2.05. The van der Waals surface area contributed by atoms with Gasteiger partial charge < -0.3 is 9.88 Å². The van der Waals surface area contributed by atoms with Crippen LogP contribution in [0.25, 0.3) is 0 Å². The largest absolute Gasteiger partial charge is 0.314 e. The molecule has 2 heterocycles. The lowest BCUT2D eigenvalue weighted by molar-refractivity contribution is 0.394. The van der Waals surface area contributed by atoms with Crippen LogP contribution in [0.5, 0.6) is 0 Å². The molecule has 1 fully saturated rings. The highest BCUT2D eigenvalue weighted by Gasteiger charge is 2.13. The molecule has 0 radical (unpaired) electrons. The Balaban J connectivity index is 1.73. The topological polar surface area (TPSA) is 42.7 Å². The number of aryl methyl sites for hydroxylation is 1. The van der Waals surface area contributed by atoms with Crippen LogP contribution in [-0.2, 0) is 7.05 Å². The monoisotopic (exact) mass is 240 g/mol. The zero-order chi connectivity index (χ0) is 11.4. The van der Waals surface area contributed by atoms with Crippen LogP contribution in [0.1, 0.15) is 31.5 Å². The number of rotatable bonds is 4. The van der Waals surface area contributed by atoms with Gasteiger partial charge in [-0.15, -0.1) is 10.2 Å². The van der Waals surface area contributed by atoms with E-state index in [0.717, 1.165) is 22.8 Å². The molecule has 1 atom stereocenters. The molecular weight excluding hydrogens is 220 g/mol. The van der Waals surface area contributed by atoms with E-state index in [1.807, 2.05) is 25.7 Å². The van der Waals surface area contributed by atoms with Crippen LogP contribution in [0.15, 0.2) is 5.16 Å². The molecule has 1 aliphatic rings. The van der Waals surface area contributed by atoms with Crippen LogP contribution in [-0.4, -0.2) is 33.1 Å². The Kier molecular flexibility index (Phi) is 4.23. The highest BCUT2D eigenvalue weighted by molar-refractivity contribution is 7.99. The molecular formula is C11H20N4S. The third-order valence-corrected chi connectivity index (χ3v) is 4.22. The smallest absolute Gasteiger partial charge is 0.190 e. The fraction of sp³-hybridized carbons (Fsp3) is 0.818. The van der Waals surface area contributed by atoms with Gasteiger partial charge in [0.2, 0.25) is 0 Å². The van der Waals surface area contributed by atoms with Crippen molar-refractivity contribution in [1.82, 2.24) is 20.1 Å². The van der Waals surface area contributed by atoms with E-state index >= 15 is 0 Å². The first-order chi connectivity index (χ1) is 7.77. The molecule has 5 heteroatoms. The molecule has 90 valence electrons. The molecule has 1 aromatic heterocycles. The number of hydrogen-bond acceptors (Lipinski definition) is 4. The molecule has 2 rings (SSSR count). The Morgan fingerprint density at radius 1 is 1.44 bits per heavy atom. The average Bonchev–Trinajstić information content (AvgIpc) is 2.62. The first-order valence-electron chi connectivity index (χ1n) is 5.99. The standard InChI is InChI=1S/C11H20N4S/c1-9-13-14-11(15(9)2)16-8-6-10-5-3-4-7-12-10/h10,12H,3-8H2,1-2H3. The number of piperidine rings is 1. The lowest BCUT2D eigenvalue weighted by atomic mass is 10.0. The fourth-order valence-electron chi connectivity index (χ4n) is 1.98. The van der Waals surface area contributed by atoms with Crippen LogP contribution in [0.4, 0.5) is 0 Å². The summed E-state index contributed by atoms with van der Waals surface area (Å²) in [6.45, 7) is 3.18. The van der Waals surface area contributed by atoms with Crippen LogP contribution in [0, 0.1) is 6.92 Å². The van der Waals surface area contributed by atoms with Crippen LogP contribution in [0.2, 0.25) is 0 Å². The number of hydrogen-bond donors (Lipinski definition) is 1. The number of nitrogens with zero attached hydrogens (tertiary/aromatic N) is 3. The van der Waals surface area contributed by atoms with E-state index < -0.39 is 0 Å². The second kappa shape index (κ2) is 5.68. The van der Waals surface area contributed by atoms with Crippen molar-refractivity contribution in [3.05, 3.63) is 5.82 Å². The third-order valence-electron chi connectivity index (χ3n) is 3.16. The molecule has 4 nitrogen and oxygen atoms in total. The SMILES string of the molecule is Cc1nnc(SCCC2CCCCN2)n1C. The van der Waals surface area contributed by atoms with E-state index in [1.54, 1.807) is 0 Å². The first-order valence-corrected chi connectivity index (χ1v) is 6.98. The van der Waals surface area contributed by atoms with Crippen molar-refractivity contribution in [1.29, 1.82) is 0 Å². The number of nitrogens with one attached hydrogen (secondary N) is 1. The van der Waals surface area contributed by atoms with Gasteiger partial charge >= 0.3 is 0 Å². The van der Waals surface area contributed by atoms with Gasteiger partial charge in [0.15, 0.2) is 5.16 Å². The summed E-state index contributed by atoms with van der Waals surface area (Å²) in [5.41, 5.74) is 0. The van der Waals surface area contributed by atoms with E-state index in [4.69, 9.17) is 0 Å². The number of aromatic nitrogens is 3. The third kappa shape index (κ3) is 2.98. The maximum atomic E-state index is 4.15. The zero-order valence-corrected chi connectivity index (χ0v) is 10.9. The van der Waals surface area contributed by atoms with Crippen LogP contribution < -0.4 is 5.32 Å². The lowest BCUT2D eigenvalue weighted by Gasteiger charge is -2.22. The molecule has 0 saturated carbocycles. The van der Waals surface area contributed by atoms with Gasteiger partial charge in [0.25, 0.3) is 0 Å². The average molecular weight is 240 g/mol. The second-order valence-electron chi connectivity index (χ2n) is 4.37. The minimum Gasteiger partial charge on any atom is -0.314 e. The van der Waals surface area contributed by atoms with Crippen LogP contribution >= 0.6 is 11.8 Å². The molecule has 0 bridgehead atoms. The van der Waals surface area contributed by atoms with E-state index in [9.17, 15) is 0 Å². The van der Waals surface area contributed by atoms with Gasteiger partial charge in [0.05, 0.1) is 0 Å². The zero-order valence-electron chi connectivity index (χ0n) is 10.1. The van der Waals surface area contributed by atoms with Gasteiger partial charge in [0, 0.05) is 18.8 Å². The molecule has 1 N–H and O–H groups in total. The van der Waals surface area contributed by atoms with Crippen molar-refractivity contribution in [3.63, 3.8) is 0 Å². The molecule has 0 aliphatic carbocycles. The predicted octanol–water partition coefficient (Wildman–Crippen LogP) is 1.75. The Bertz CT molecular complexity index is 331. The summed E-state index contributed by atoms with van der Waals surface area (Å²) in [6.07, 6.45) is 5.28. The maximum Gasteiger partial charge on any atom is 0.190 e. The summed E-state index contributed by atoms with van der Waals surface area (Å²) in [5, 5.41) is 12.8. The van der Waals surface area contributed by atoms with Gasteiger partial charge in [-0.1, -0.05) is 18.2 Å². The molecule has 1 saturated heterocycles. The quantitative estimate of drug-likeness (QED) is 0.814. The normalized spacial score (nSPS) is 21.2.